The second-order valence-electron chi connectivity index (χ2n) is 6.02. The van der Waals surface area contributed by atoms with E-state index in [9.17, 15) is 4.39 Å². The fourth-order valence-corrected chi connectivity index (χ4v) is 2.13. The molecular weight excluding hydrogens is 253 g/mol. The molecule has 0 amide bonds. The Hall–Kier alpha value is -1.09. The summed E-state index contributed by atoms with van der Waals surface area (Å²) in [6.07, 6.45) is 2.29. The van der Waals surface area contributed by atoms with Gasteiger partial charge in [0.1, 0.15) is 11.6 Å². The molecule has 1 aromatic rings. The molecule has 0 aromatic heterocycles. The number of hydrogen-bond donors (Lipinski definition) is 1. The molecule has 0 saturated carbocycles. The summed E-state index contributed by atoms with van der Waals surface area (Å²) in [4.78, 5) is 0. The van der Waals surface area contributed by atoms with Crippen LogP contribution in [0, 0.1) is 17.7 Å². The van der Waals surface area contributed by atoms with Crippen LogP contribution in [0.25, 0.3) is 0 Å². The predicted octanol–water partition coefficient (Wildman–Crippen LogP) is 4.39. The second-order valence-corrected chi connectivity index (χ2v) is 6.02. The van der Waals surface area contributed by atoms with Crippen LogP contribution in [0.15, 0.2) is 18.2 Å². The maximum absolute atomic E-state index is 13.6. The van der Waals surface area contributed by atoms with Gasteiger partial charge in [-0.1, -0.05) is 34.1 Å². The molecule has 2 nitrogen and oxygen atoms in total. The lowest BCUT2D eigenvalue weighted by atomic mass is 10.1. The highest BCUT2D eigenvalue weighted by atomic mass is 19.1. The summed E-state index contributed by atoms with van der Waals surface area (Å²) in [5.41, 5.74) is 0.934. The van der Waals surface area contributed by atoms with Gasteiger partial charge >= 0.3 is 0 Å². The summed E-state index contributed by atoms with van der Waals surface area (Å²) in [6.45, 7) is 10.9. The molecule has 1 N–H and O–H groups in total. The van der Waals surface area contributed by atoms with Gasteiger partial charge in [0.15, 0.2) is 0 Å². The smallest absolute Gasteiger partial charge is 0.127 e. The monoisotopic (exact) mass is 281 g/mol. The van der Waals surface area contributed by atoms with E-state index in [1.807, 2.05) is 6.07 Å². The number of halogens is 1. The molecule has 20 heavy (non-hydrogen) atoms. The van der Waals surface area contributed by atoms with Crippen LogP contribution >= 0.6 is 0 Å². The topological polar surface area (TPSA) is 21.3 Å². The zero-order valence-electron chi connectivity index (χ0n) is 13.2. The zero-order valence-corrected chi connectivity index (χ0v) is 13.2. The second kappa shape index (κ2) is 8.96. The zero-order chi connectivity index (χ0) is 15.0. The van der Waals surface area contributed by atoms with Crippen LogP contribution in [-0.4, -0.2) is 13.2 Å². The van der Waals surface area contributed by atoms with Gasteiger partial charge in [-0.05, 0) is 42.5 Å². The molecule has 1 unspecified atom stereocenters. The first-order valence-corrected chi connectivity index (χ1v) is 7.64. The maximum Gasteiger partial charge on any atom is 0.127 e. The lowest BCUT2D eigenvalue weighted by molar-refractivity contribution is 0.250. The summed E-state index contributed by atoms with van der Waals surface area (Å²) in [7, 11) is 0. The van der Waals surface area contributed by atoms with Crippen LogP contribution in [0.2, 0.25) is 0 Å². The first kappa shape index (κ1) is 17.0. The van der Waals surface area contributed by atoms with Crippen molar-refractivity contribution >= 4 is 0 Å². The van der Waals surface area contributed by atoms with Crippen molar-refractivity contribution in [2.45, 2.75) is 47.1 Å². The molecule has 0 aliphatic rings. The molecule has 1 atom stereocenters. The van der Waals surface area contributed by atoms with Crippen molar-refractivity contribution in [1.29, 1.82) is 0 Å². The van der Waals surface area contributed by atoms with Gasteiger partial charge in [-0.2, -0.15) is 0 Å². The molecule has 1 rings (SSSR count). The van der Waals surface area contributed by atoms with Crippen LogP contribution in [0.1, 0.15) is 46.1 Å². The van der Waals surface area contributed by atoms with E-state index >= 15 is 0 Å². The van der Waals surface area contributed by atoms with Gasteiger partial charge in [0.25, 0.3) is 0 Å². The molecule has 3 heteroatoms. The molecule has 114 valence electrons. The summed E-state index contributed by atoms with van der Waals surface area (Å²) < 4.78 is 19.3. The van der Waals surface area contributed by atoms with Gasteiger partial charge in [-0.3, -0.25) is 0 Å². The average molecular weight is 281 g/mol. The summed E-state index contributed by atoms with van der Waals surface area (Å²) >= 11 is 0. The molecule has 0 radical (unpaired) electrons. The molecule has 0 saturated heterocycles. The van der Waals surface area contributed by atoms with Gasteiger partial charge < -0.3 is 10.1 Å². The molecule has 0 aliphatic carbocycles. The Balaban J connectivity index is 2.52. The van der Waals surface area contributed by atoms with Crippen molar-refractivity contribution in [3.8, 4) is 5.75 Å². The third-order valence-corrected chi connectivity index (χ3v) is 3.13. The highest BCUT2D eigenvalue weighted by Crippen LogP contribution is 2.18. The van der Waals surface area contributed by atoms with Crippen molar-refractivity contribution < 1.29 is 9.13 Å². The third kappa shape index (κ3) is 6.90. The normalized spacial score (nSPS) is 12.7. The molecule has 1 aromatic carbocycles. The van der Waals surface area contributed by atoms with Crippen LogP contribution < -0.4 is 10.1 Å². The lowest BCUT2D eigenvalue weighted by Crippen LogP contribution is -2.19. The highest BCUT2D eigenvalue weighted by Gasteiger charge is 2.05. The molecule has 0 fully saturated rings. The van der Waals surface area contributed by atoms with E-state index in [1.54, 1.807) is 6.07 Å². The van der Waals surface area contributed by atoms with E-state index in [2.05, 4.69) is 33.0 Å². The molecule has 0 bridgehead atoms. The van der Waals surface area contributed by atoms with Crippen molar-refractivity contribution in [3.63, 3.8) is 0 Å². The molecular formula is C17H28FNO. The average Bonchev–Trinajstić information content (AvgIpc) is 2.36. The molecule has 0 spiro atoms. The fraction of sp³-hybridized carbons (Fsp3) is 0.647. The Kier molecular flexibility index (Phi) is 7.60. The Morgan fingerprint density at radius 3 is 2.60 bits per heavy atom. The Labute approximate surface area is 122 Å². The van der Waals surface area contributed by atoms with Gasteiger partial charge in [0.2, 0.25) is 0 Å². The van der Waals surface area contributed by atoms with E-state index in [0.717, 1.165) is 24.9 Å². The highest BCUT2D eigenvalue weighted by molar-refractivity contribution is 5.29. The van der Waals surface area contributed by atoms with Gasteiger partial charge in [0, 0.05) is 12.6 Å². The number of nitrogens with one attached hydrogen (secondary N) is 1. The summed E-state index contributed by atoms with van der Waals surface area (Å²) in [5.74, 6) is 1.50. The lowest BCUT2D eigenvalue weighted by Gasteiger charge is -2.13. The SMILES string of the molecule is CCCC(C)COc1cc(F)cc(CNCC(C)C)c1. The van der Waals surface area contributed by atoms with Crippen LogP contribution in [0.4, 0.5) is 4.39 Å². The van der Waals surface area contributed by atoms with E-state index in [1.165, 1.54) is 6.07 Å². The minimum atomic E-state index is -0.230. The Morgan fingerprint density at radius 2 is 1.95 bits per heavy atom. The van der Waals surface area contributed by atoms with E-state index in [0.29, 0.717) is 30.7 Å². The summed E-state index contributed by atoms with van der Waals surface area (Å²) in [5, 5.41) is 3.32. The maximum atomic E-state index is 13.6. The van der Waals surface area contributed by atoms with E-state index in [-0.39, 0.29) is 5.82 Å². The Morgan fingerprint density at radius 1 is 1.20 bits per heavy atom. The van der Waals surface area contributed by atoms with Gasteiger partial charge in [0.05, 0.1) is 6.61 Å². The van der Waals surface area contributed by atoms with Crippen LogP contribution in [0.3, 0.4) is 0 Å². The van der Waals surface area contributed by atoms with Crippen molar-refractivity contribution in [1.82, 2.24) is 5.32 Å². The number of benzene rings is 1. The minimum Gasteiger partial charge on any atom is -0.493 e. The van der Waals surface area contributed by atoms with E-state index < -0.39 is 0 Å². The van der Waals surface area contributed by atoms with Crippen LogP contribution in [-0.2, 0) is 6.54 Å². The van der Waals surface area contributed by atoms with Crippen molar-refractivity contribution in [2.24, 2.45) is 11.8 Å². The molecule has 0 heterocycles. The number of rotatable bonds is 9. The largest absolute Gasteiger partial charge is 0.493 e. The number of ether oxygens (including phenoxy) is 1. The third-order valence-electron chi connectivity index (χ3n) is 3.13. The quantitative estimate of drug-likeness (QED) is 0.725. The molecule has 0 aliphatic heterocycles. The van der Waals surface area contributed by atoms with Crippen LogP contribution in [0.5, 0.6) is 5.75 Å². The predicted molar refractivity (Wildman–Crippen MR) is 82.5 cm³/mol. The standard InChI is InChI=1S/C17H28FNO/c1-5-6-14(4)12-20-17-8-15(7-16(18)9-17)11-19-10-13(2)3/h7-9,13-14,19H,5-6,10-12H2,1-4H3. The van der Waals surface area contributed by atoms with Crippen molar-refractivity contribution in [2.75, 3.05) is 13.2 Å². The summed E-state index contributed by atoms with van der Waals surface area (Å²) in [6, 6.07) is 4.95. The van der Waals surface area contributed by atoms with Crippen molar-refractivity contribution in [3.05, 3.63) is 29.6 Å². The van der Waals surface area contributed by atoms with Gasteiger partial charge in [-0.25, -0.2) is 4.39 Å². The minimum absolute atomic E-state index is 0.230. The first-order chi connectivity index (χ1) is 9.51. The van der Waals surface area contributed by atoms with Gasteiger partial charge in [-0.15, -0.1) is 0 Å². The first-order valence-electron chi connectivity index (χ1n) is 7.64. The Bertz CT molecular complexity index is 393. The fourth-order valence-electron chi connectivity index (χ4n) is 2.13. The number of hydrogen-bond acceptors (Lipinski definition) is 2. The van der Waals surface area contributed by atoms with E-state index in [4.69, 9.17) is 4.74 Å².